The molecule has 1 amide bonds. The van der Waals surface area contributed by atoms with Gasteiger partial charge in [0.2, 0.25) is 0 Å². The molecule has 0 saturated carbocycles. The van der Waals surface area contributed by atoms with E-state index >= 15 is 0 Å². The van der Waals surface area contributed by atoms with Gasteiger partial charge in [-0.3, -0.25) is 14.3 Å². The summed E-state index contributed by atoms with van der Waals surface area (Å²) in [5, 5.41) is 7.15. The zero-order valence-electron chi connectivity index (χ0n) is 17.4. The lowest BCUT2D eigenvalue weighted by atomic mass is 10.2. The van der Waals surface area contributed by atoms with Gasteiger partial charge in [0.1, 0.15) is 5.69 Å². The fraction of sp³-hybridized carbons (Fsp3) is 0.174. The van der Waals surface area contributed by atoms with Gasteiger partial charge in [0.05, 0.1) is 34.5 Å². The molecule has 4 rings (SSSR count). The minimum Gasteiger partial charge on any atom is -0.316 e. The number of benzene rings is 2. The number of hydrogen-bond donors (Lipinski definition) is 1. The van der Waals surface area contributed by atoms with Crippen LogP contribution >= 0.6 is 0 Å². The number of anilines is 1. The van der Waals surface area contributed by atoms with Crippen LogP contribution in [-0.2, 0) is 7.05 Å². The molecule has 2 aromatic carbocycles. The van der Waals surface area contributed by atoms with E-state index in [-0.39, 0.29) is 17.2 Å². The van der Waals surface area contributed by atoms with Gasteiger partial charge in [-0.15, -0.1) is 0 Å². The first kappa shape index (κ1) is 19.4. The second kappa shape index (κ2) is 7.51. The SMILES string of the molecule is Cc1ccc(-n2ncc(C(=O)Nc3c(C)n(C)n(-c4ccccc4)c3=O)c2C)cc1. The molecule has 0 aliphatic rings. The standard InChI is InChI=1S/C23H23N5O2/c1-15-10-12-18(13-11-15)27-16(2)20(14-24-27)22(29)25-21-17(3)26(4)28(23(21)30)19-8-6-5-7-9-19/h5-14H,1-4H3,(H,25,29). The summed E-state index contributed by atoms with van der Waals surface area (Å²) in [6, 6.07) is 17.2. The lowest BCUT2D eigenvalue weighted by Crippen LogP contribution is -2.23. The first-order chi connectivity index (χ1) is 14.4. The molecular formula is C23H23N5O2. The van der Waals surface area contributed by atoms with Gasteiger partial charge in [-0.05, 0) is 45.0 Å². The Hall–Kier alpha value is -3.87. The number of nitrogens with one attached hydrogen (secondary N) is 1. The highest BCUT2D eigenvalue weighted by atomic mass is 16.2. The van der Waals surface area contributed by atoms with Crippen LogP contribution in [-0.4, -0.2) is 25.1 Å². The lowest BCUT2D eigenvalue weighted by molar-refractivity contribution is 0.102. The van der Waals surface area contributed by atoms with Crippen molar-refractivity contribution in [2.45, 2.75) is 20.8 Å². The summed E-state index contributed by atoms with van der Waals surface area (Å²) in [5.74, 6) is -0.364. The number of para-hydroxylation sites is 1. The first-order valence-corrected chi connectivity index (χ1v) is 9.65. The van der Waals surface area contributed by atoms with Gasteiger partial charge in [-0.2, -0.15) is 5.10 Å². The molecule has 30 heavy (non-hydrogen) atoms. The van der Waals surface area contributed by atoms with Crippen LogP contribution in [0.1, 0.15) is 27.3 Å². The Morgan fingerprint density at radius 2 is 1.57 bits per heavy atom. The number of hydrogen-bond acceptors (Lipinski definition) is 3. The quantitative estimate of drug-likeness (QED) is 0.568. The lowest BCUT2D eigenvalue weighted by Gasteiger charge is -2.07. The summed E-state index contributed by atoms with van der Waals surface area (Å²) >= 11 is 0. The van der Waals surface area contributed by atoms with E-state index in [4.69, 9.17) is 0 Å². The van der Waals surface area contributed by atoms with Crippen molar-refractivity contribution in [1.29, 1.82) is 0 Å². The molecule has 152 valence electrons. The zero-order chi connectivity index (χ0) is 21.4. The molecule has 0 unspecified atom stereocenters. The number of rotatable bonds is 4. The molecule has 2 aromatic heterocycles. The largest absolute Gasteiger partial charge is 0.316 e. The molecule has 2 heterocycles. The Morgan fingerprint density at radius 1 is 0.900 bits per heavy atom. The first-order valence-electron chi connectivity index (χ1n) is 9.65. The third kappa shape index (κ3) is 3.24. The fourth-order valence-corrected chi connectivity index (χ4v) is 3.47. The minimum absolute atomic E-state index is 0.258. The van der Waals surface area contributed by atoms with E-state index in [2.05, 4.69) is 10.4 Å². The number of carbonyl (C=O) groups is 1. The van der Waals surface area contributed by atoms with Crippen LogP contribution in [0.5, 0.6) is 0 Å². The average Bonchev–Trinajstić information content (AvgIpc) is 3.22. The second-order valence-electron chi connectivity index (χ2n) is 7.28. The Morgan fingerprint density at radius 3 is 2.23 bits per heavy atom. The molecule has 0 atom stereocenters. The summed E-state index contributed by atoms with van der Waals surface area (Å²) in [4.78, 5) is 26.0. The summed E-state index contributed by atoms with van der Waals surface area (Å²) in [7, 11) is 1.79. The Bertz CT molecular complexity index is 1280. The van der Waals surface area contributed by atoms with Gasteiger partial charge in [0, 0.05) is 7.05 Å². The average molecular weight is 401 g/mol. The van der Waals surface area contributed by atoms with Crippen LogP contribution in [0.3, 0.4) is 0 Å². The molecule has 0 bridgehead atoms. The van der Waals surface area contributed by atoms with E-state index in [1.165, 1.54) is 10.9 Å². The number of amides is 1. The Labute approximate surface area is 174 Å². The van der Waals surface area contributed by atoms with Crippen molar-refractivity contribution in [3.8, 4) is 11.4 Å². The highest BCUT2D eigenvalue weighted by Crippen LogP contribution is 2.18. The molecular weight excluding hydrogens is 378 g/mol. The molecule has 0 fully saturated rings. The molecule has 1 N–H and O–H groups in total. The number of aryl methyl sites for hydroxylation is 1. The number of carbonyl (C=O) groups excluding carboxylic acids is 1. The molecule has 7 nitrogen and oxygen atoms in total. The highest BCUT2D eigenvalue weighted by Gasteiger charge is 2.21. The van der Waals surface area contributed by atoms with Crippen LogP contribution in [0.2, 0.25) is 0 Å². The second-order valence-corrected chi connectivity index (χ2v) is 7.28. The molecule has 0 radical (unpaired) electrons. The van der Waals surface area contributed by atoms with E-state index in [1.807, 2.05) is 68.4 Å². The normalized spacial score (nSPS) is 10.9. The maximum atomic E-state index is 13.0. The van der Waals surface area contributed by atoms with Crippen LogP contribution in [0.4, 0.5) is 5.69 Å². The van der Waals surface area contributed by atoms with E-state index < -0.39 is 0 Å². The van der Waals surface area contributed by atoms with Crippen molar-refractivity contribution < 1.29 is 4.79 Å². The Kier molecular flexibility index (Phi) is 4.87. The van der Waals surface area contributed by atoms with Gasteiger partial charge < -0.3 is 5.32 Å². The molecule has 4 aromatic rings. The maximum absolute atomic E-state index is 13.0. The third-order valence-corrected chi connectivity index (χ3v) is 5.33. The summed E-state index contributed by atoms with van der Waals surface area (Å²) in [5.41, 5.74) is 4.53. The van der Waals surface area contributed by atoms with Crippen molar-refractivity contribution in [2.24, 2.45) is 7.05 Å². The summed E-state index contributed by atoms with van der Waals surface area (Å²) < 4.78 is 4.98. The highest BCUT2D eigenvalue weighted by molar-refractivity contribution is 6.05. The van der Waals surface area contributed by atoms with E-state index in [9.17, 15) is 9.59 Å². The van der Waals surface area contributed by atoms with Gasteiger partial charge in [0.15, 0.2) is 0 Å². The van der Waals surface area contributed by atoms with Gasteiger partial charge >= 0.3 is 0 Å². The molecule has 0 aliphatic heterocycles. The smallest absolute Gasteiger partial charge is 0.295 e. The van der Waals surface area contributed by atoms with Crippen LogP contribution in [0.25, 0.3) is 11.4 Å². The van der Waals surface area contributed by atoms with Gasteiger partial charge in [-0.25, -0.2) is 9.36 Å². The van der Waals surface area contributed by atoms with Crippen LogP contribution in [0.15, 0.2) is 65.6 Å². The predicted octanol–water partition coefficient (Wildman–Crippen LogP) is 3.54. The maximum Gasteiger partial charge on any atom is 0.295 e. The zero-order valence-corrected chi connectivity index (χ0v) is 17.4. The Balaban J connectivity index is 1.67. The van der Waals surface area contributed by atoms with Crippen molar-refractivity contribution >= 4 is 11.6 Å². The van der Waals surface area contributed by atoms with Crippen molar-refractivity contribution in [3.63, 3.8) is 0 Å². The number of nitrogens with zero attached hydrogens (tertiary/aromatic N) is 4. The monoisotopic (exact) mass is 401 g/mol. The van der Waals surface area contributed by atoms with E-state index in [0.717, 1.165) is 16.9 Å². The fourth-order valence-electron chi connectivity index (χ4n) is 3.47. The number of aromatic nitrogens is 4. The minimum atomic E-state index is -0.364. The third-order valence-electron chi connectivity index (χ3n) is 5.33. The van der Waals surface area contributed by atoms with Gasteiger partial charge in [-0.1, -0.05) is 35.9 Å². The van der Waals surface area contributed by atoms with Gasteiger partial charge in [0.25, 0.3) is 11.5 Å². The molecule has 0 spiro atoms. The van der Waals surface area contributed by atoms with Crippen molar-refractivity contribution in [2.75, 3.05) is 5.32 Å². The summed E-state index contributed by atoms with van der Waals surface area (Å²) in [6.07, 6.45) is 1.53. The van der Waals surface area contributed by atoms with E-state index in [1.54, 1.807) is 23.3 Å². The van der Waals surface area contributed by atoms with Crippen LogP contribution in [0, 0.1) is 20.8 Å². The van der Waals surface area contributed by atoms with E-state index in [0.29, 0.717) is 17.0 Å². The van der Waals surface area contributed by atoms with Crippen molar-refractivity contribution in [1.82, 2.24) is 19.1 Å². The van der Waals surface area contributed by atoms with Crippen molar-refractivity contribution in [3.05, 3.63) is 93.7 Å². The summed E-state index contributed by atoms with van der Waals surface area (Å²) in [6.45, 7) is 5.66. The predicted molar refractivity (Wildman–Crippen MR) is 117 cm³/mol. The molecule has 0 aliphatic carbocycles. The molecule has 7 heteroatoms. The topological polar surface area (TPSA) is 73.8 Å². The van der Waals surface area contributed by atoms with Crippen LogP contribution < -0.4 is 10.9 Å². The molecule has 0 saturated heterocycles.